The first-order valence-electron chi connectivity index (χ1n) is 8.77. The Labute approximate surface area is 188 Å². The predicted molar refractivity (Wildman–Crippen MR) is 126 cm³/mol. The Bertz CT molecular complexity index is 1050. The van der Waals surface area contributed by atoms with Crippen molar-refractivity contribution in [3.05, 3.63) is 93.1 Å². The first kappa shape index (κ1) is 20.9. The van der Waals surface area contributed by atoms with Crippen LogP contribution < -0.4 is 16.2 Å². The first-order chi connectivity index (χ1) is 13.9. The van der Waals surface area contributed by atoms with E-state index in [0.717, 1.165) is 20.3 Å². The highest BCUT2D eigenvalue weighted by Crippen LogP contribution is 2.19. The van der Waals surface area contributed by atoms with Crippen LogP contribution in [0, 0.1) is 10.5 Å². The van der Waals surface area contributed by atoms with Gasteiger partial charge in [0.15, 0.2) is 5.11 Å². The van der Waals surface area contributed by atoms with Gasteiger partial charge in [-0.1, -0.05) is 48.5 Å². The Morgan fingerprint density at radius 1 is 0.793 bits per heavy atom. The molecule has 0 fully saturated rings. The van der Waals surface area contributed by atoms with Gasteiger partial charge in [0, 0.05) is 14.7 Å². The van der Waals surface area contributed by atoms with Gasteiger partial charge in [-0.2, -0.15) is 0 Å². The maximum absolute atomic E-state index is 12.3. The lowest BCUT2D eigenvalue weighted by Crippen LogP contribution is -2.48. The van der Waals surface area contributed by atoms with Crippen LogP contribution in [0.3, 0.4) is 0 Å². The molecular weight excluding hydrogens is 497 g/mol. The molecule has 146 valence electrons. The van der Waals surface area contributed by atoms with Crippen molar-refractivity contribution in [2.45, 2.75) is 6.92 Å². The number of aryl methyl sites for hydroxylation is 1. The van der Waals surface area contributed by atoms with Crippen molar-refractivity contribution < 1.29 is 9.59 Å². The largest absolute Gasteiger partial charge is 0.298 e. The van der Waals surface area contributed by atoms with Gasteiger partial charge in [-0.15, -0.1) is 0 Å². The molecule has 0 radical (unpaired) electrons. The lowest BCUT2D eigenvalue weighted by atomic mass is 10.0. The minimum atomic E-state index is -0.355. The molecule has 0 aliphatic rings. The van der Waals surface area contributed by atoms with Crippen molar-refractivity contribution in [2.75, 3.05) is 0 Å². The zero-order chi connectivity index (χ0) is 20.8. The van der Waals surface area contributed by atoms with Crippen molar-refractivity contribution in [1.29, 1.82) is 0 Å². The van der Waals surface area contributed by atoms with Gasteiger partial charge in [-0.25, -0.2) is 0 Å². The Kier molecular flexibility index (Phi) is 6.95. The molecule has 0 aliphatic heterocycles. The smallest absolute Gasteiger partial charge is 0.269 e. The molecule has 3 rings (SSSR count). The fourth-order valence-corrected chi connectivity index (χ4v) is 3.23. The molecular formula is C22H18IN3O2S. The van der Waals surface area contributed by atoms with Gasteiger partial charge in [0.25, 0.3) is 11.8 Å². The molecule has 0 aromatic heterocycles. The summed E-state index contributed by atoms with van der Waals surface area (Å²) in [4.78, 5) is 24.5. The third-order valence-corrected chi connectivity index (χ3v) is 5.57. The minimum Gasteiger partial charge on any atom is -0.298 e. The molecule has 2 amide bonds. The molecule has 3 aromatic carbocycles. The maximum Gasteiger partial charge on any atom is 0.269 e. The number of carbonyl (C=O) groups excluding carboxylic acids is 2. The summed E-state index contributed by atoms with van der Waals surface area (Å²) in [5, 5.41) is 2.56. The van der Waals surface area contributed by atoms with Crippen LogP contribution >= 0.6 is 34.8 Å². The second-order valence-corrected chi connectivity index (χ2v) is 7.84. The molecule has 0 spiro atoms. The van der Waals surface area contributed by atoms with Crippen LogP contribution in [0.25, 0.3) is 11.1 Å². The molecule has 0 unspecified atom stereocenters. The molecule has 3 N–H and O–H groups in total. The lowest BCUT2D eigenvalue weighted by molar-refractivity contribution is 0.0934. The number of hydrogen-bond acceptors (Lipinski definition) is 3. The highest BCUT2D eigenvalue weighted by Gasteiger charge is 2.11. The van der Waals surface area contributed by atoms with E-state index in [1.807, 2.05) is 55.5 Å². The van der Waals surface area contributed by atoms with E-state index >= 15 is 0 Å². The summed E-state index contributed by atoms with van der Waals surface area (Å²) in [5.74, 6) is -0.701. The van der Waals surface area contributed by atoms with Gasteiger partial charge in [0.05, 0.1) is 0 Å². The Morgan fingerprint density at radius 3 is 2.07 bits per heavy atom. The molecule has 29 heavy (non-hydrogen) atoms. The fraction of sp³-hybridized carbons (Fsp3) is 0.0455. The van der Waals surface area contributed by atoms with Crippen LogP contribution in [0.15, 0.2) is 72.8 Å². The van der Waals surface area contributed by atoms with Crippen molar-refractivity contribution in [3.63, 3.8) is 0 Å². The third kappa shape index (κ3) is 5.61. The summed E-state index contributed by atoms with van der Waals surface area (Å²) in [6, 6.07) is 22.5. The monoisotopic (exact) mass is 515 g/mol. The van der Waals surface area contributed by atoms with Crippen LogP contribution in [0.2, 0.25) is 0 Å². The molecule has 0 saturated carbocycles. The fourth-order valence-electron chi connectivity index (χ4n) is 2.57. The number of rotatable bonds is 3. The van der Waals surface area contributed by atoms with Crippen LogP contribution in [-0.2, 0) is 0 Å². The second kappa shape index (κ2) is 9.62. The van der Waals surface area contributed by atoms with E-state index in [1.54, 1.807) is 24.3 Å². The molecule has 0 aliphatic carbocycles. The number of hydrogen-bond donors (Lipinski definition) is 3. The molecule has 3 aromatic rings. The van der Waals surface area contributed by atoms with E-state index in [0.29, 0.717) is 11.1 Å². The number of carbonyl (C=O) groups is 2. The van der Waals surface area contributed by atoms with Crippen molar-refractivity contribution in [2.24, 2.45) is 0 Å². The van der Waals surface area contributed by atoms with Crippen molar-refractivity contribution in [3.8, 4) is 11.1 Å². The summed E-state index contributed by atoms with van der Waals surface area (Å²) in [6.07, 6.45) is 0. The van der Waals surface area contributed by atoms with Gasteiger partial charge >= 0.3 is 0 Å². The number of halogens is 1. The van der Waals surface area contributed by atoms with Gasteiger partial charge in [0.2, 0.25) is 0 Å². The molecule has 0 bridgehead atoms. The van der Waals surface area contributed by atoms with Crippen LogP contribution in [0.1, 0.15) is 26.3 Å². The summed E-state index contributed by atoms with van der Waals surface area (Å²) in [7, 11) is 0. The van der Waals surface area contributed by atoms with E-state index in [2.05, 4.69) is 38.8 Å². The SMILES string of the molecule is Cc1ccc(C(=O)NC(=S)NNC(=O)c2ccc(-c3ccccc3)cc2)cc1I. The predicted octanol–water partition coefficient (Wildman–Crippen LogP) is 4.22. The average molecular weight is 515 g/mol. The molecule has 0 atom stereocenters. The first-order valence-corrected chi connectivity index (χ1v) is 10.3. The third-order valence-electron chi connectivity index (χ3n) is 4.20. The van der Waals surface area contributed by atoms with Gasteiger partial charge in [-0.05, 0) is 82.7 Å². The second-order valence-electron chi connectivity index (χ2n) is 6.27. The number of nitrogens with one attached hydrogen (secondary N) is 3. The van der Waals surface area contributed by atoms with E-state index in [1.165, 1.54) is 0 Å². The van der Waals surface area contributed by atoms with Crippen molar-refractivity contribution >= 4 is 51.7 Å². The Balaban J connectivity index is 1.54. The van der Waals surface area contributed by atoms with Gasteiger partial charge < -0.3 is 0 Å². The van der Waals surface area contributed by atoms with Crippen LogP contribution in [0.5, 0.6) is 0 Å². The Hall–Kier alpha value is -2.78. The number of benzene rings is 3. The Morgan fingerprint density at radius 2 is 1.41 bits per heavy atom. The quantitative estimate of drug-likeness (QED) is 0.278. The van der Waals surface area contributed by atoms with E-state index in [-0.39, 0.29) is 16.9 Å². The summed E-state index contributed by atoms with van der Waals surface area (Å²) < 4.78 is 0.987. The normalized spacial score (nSPS) is 10.1. The number of hydrazine groups is 1. The lowest BCUT2D eigenvalue weighted by Gasteiger charge is -2.11. The number of thiocarbonyl (C=S) groups is 1. The van der Waals surface area contributed by atoms with Gasteiger partial charge in [-0.3, -0.25) is 25.8 Å². The topological polar surface area (TPSA) is 70.2 Å². The zero-order valence-corrected chi connectivity index (χ0v) is 18.5. The highest BCUT2D eigenvalue weighted by atomic mass is 127. The average Bonchev–Trinajstić information content (AvgIpc) is 2.74. The minimum absolute atomic E-state index is 0.0137. The summed E-state index contributed by atoms with van der Waals surface area (Å²) in [6.45, 7) is 1.97. The molecule has 7 heteroatoms. The maximum atomic E-state index is 12.3. The molecule has 0 heterocycles. The van der Waals surface area contributed by atoms with Crippen LogP contribution in [0.4, 0.5) is 0 Å². The van der Waals surface area contributed by atoms with Crippen LogP contribution in [-0.4, -0.2) is 16.9 Å². The highest BCUT2D eigenvalue weighted by molar-refractivity contribution is 14.1. The molecule has 0 saturated heterocycles. The standard InChI is InChI=1S/C22H18IN3O2S/c1-14-7-8-18(13-19(14)23)20(27)24-22(29)26-25-21(28)17-11-9-16(10-12-17)15-5-3-2-4-6-15/h2-13H,1H3,(H,25,28)(H2,24,26,27,29). The number of amides is 2. The molecule has 5 nitrogen and oxygen atoms in total. The van der Waals surface area contributed by atoms with E-state index < -0.39 is 0 Å². The van der Waals surface area contributed by atoms with E-state index in [9.17, 15) is 9.59 Å². The summed E-state index contributed by atoms with van der Waals surface area (Å²) in [5.41, 5.74) is 9.19. The van der Waals surface area contributed by atoms with E-state index in [4.69, 9.17) is 12.2 Å². The van der Waals surface area contributed by atoms with Gasteiger partial charge in [0.1, 0.15) is 0 Å². The zero-order valence-electron chi connectivity index (χ0n) is 15.5. The summed E-state index contributed by atoms with van der Waals surface area (Å²) >= 11 is 7.25. The van der Waals surface area contributed by atoms with Crippen molar-refractivity contribution in [1.82, 2.24) is 16.2 Å².